The molecule has 4 aromatic rings. The first-order chi connectivity index (χ1) is 19.6. The van der Waals surface area contributed by atoms with E-state index >= 15 is 4.39 Å². The molecule has 2 atom stereocenters. The number of rotatable bonds is 11. The second-order valence-corrected chi connectivity index (χ2v) is 10.4. The first kappa shape index (κ1) is 29.7. The summed E-state index contributed by atoms with van der Waals surface area (Å²) in [6.45, 7) is 5.12. The van der Waals surface area contributed by atoms with E-state index in [1.54, 1.807) is 43.6 Å². The predicted molar refractivity (Wildman–Crippen MR) is 147 cm³/mol. The number of aromatic nitrogens is 4. The van der Waals surface area contributed by atoms with Gasteiger partial charge in [-0.3, -0.25) is 0 Å². The molecule has 0 radical (unpaired) electrons. The maximum Gasteiger partial charge on any atom is 0.452 e. The second kappa shape index (κ2) is 12.9. The molecule has 0 aliphatic heterocycles. The summed E-state index contributed by atoms with van der Waals surface area (Å²) in [5.74, 6) is -2.32. The number of hydrogen-bond donors (Lipinski definition) is 3. The summed E-state index contributed by atoms with van der Waals surface area (Å²) in [5, 5.41) is 29.3. The minimum absolute atomic E-state index is 0.127. The molecule has 2 heterocycles. The lowest BCUT2D eigenvalue weighted by molar-refractivity contribution is -0.765. The summed E-state index contributed by atoms with van der Waals surface area (Å²) >= 11 is 1.26. The van der Waals surface area contributed by atoms with Crippen LogP contribution in [-0.2, 0) is 12.1 Å². The molecule has 0 saturated heterocycles. The third kappa shape index (κ3) is 6.91. The fourth-order valence-electron chi connectivity index (χ4n) is 4.19. The van der Waals surface area contributed by atoms with Crippen molar-refractivity contribution in [2.75, 3.05) is 26.7 Å². The maximum absolute atomic E-state index is 15.1. The molecular formula is C28H30F2N7O3S+. The number of likely N-dealkylation sites (N-methyl/N-ethyl adjacent to an activating group) is 2. The van der Waals surface area contributed by atoms with Crippen LogP contribution in [0.15, 0.2) is 54.2 Å². The average Bonchev–Trinajstić information content (AvgIpc) is 3.64. The maximum atomic E-state index is 15.1. The smallest absolute Gasteiger partial charge is 0.380 e. The zero-order chi connectivity index (χ0) is 29.6. The van der Waals surface area contributed by atoms with Crippen molar-refractivity contribution in [1.82, 2.24) is 25.3 Å². The van der Waals surface area contributed by atoms with Gasteiger partial charge in [0.1, 0.15) is 23.8 Å². The fourth-order valence-corrected chi connectivity index (χ4v) is 5.16. The molecule has 0 spiro atoms. The van der Waals surface area contributed by atoms with Crippen LogP contribution < -0.4 is 14.7 Å². The highest BCUT2D eigenvalue weighted by Crippen LogP contribution is 2.41. The quantitative estimate of drug-likeness (QED) is 0.182. The molecule has 10 nitrogen and oxygen atoms in total. The molecule has 41 heavy (non-hydrogen) atoms. The summed E-state index contributed by atoms with van der Waals surface area (Å²) < 4.78 is 36.0. The first-order valence-electron chi connectivity index (χ1n) is 12.9. The highest BCUT2D eigenvalue weighted by molar-refractivity contribution is 7.10. The van der Waals surface area contributed by atoms with Gasteiger partial charge < -0.3 is 20.1 Å². The number of nitriles is 1. The Morgan fingerprint density at radius 2 is 2.07 bits per heavy atom. The van der Waals surface area contributed by atoms with Crippen molar-refractivity contribution in [1.29, 1.82) is 5.26 Å². The van der Waals surface area contributed by atoms with Crippen molar-refractivity contribution in [3.63, 3.8) is 0 Å². The first-order valence-corrected chi connectivity index (χ1v) is 13.7. The van der Waals surface area contributed by atoms with Crippen LogP contribution in [-0.4, -0.2) is 57.8 Å². The summed E-state index contributed by atoms with van der Waals surface area (Å²) in [6.07, 6.45) is 0.655. The number of halogens is 2. The normalized spacial score (nSPS) is 13.3. The Kier molecular flexibility index (Phi) is 9.38. The van der Waals surface area contributed by atoms with Gasteiger partial charge in [-0.1, -0.05) is 26.0 Å². The van der Waals surface area contributed by atoms with Crippen LogP contribution in [0.5, 0.6) is 6.01 Å². The van der Waals surface area contributed by atoms with Crippen LogP contribution in [0.4, 0.5) is 13.6 Å². The summed E-state index contributed by atoms with van der Waals surface area (Å²) in [7, 11) is 1.59. The van der Waals surface area contributed by atoms with Gasteiger partial charge >= 0.3 is 18.4 Å². The number of hydrogen-bond acceptors (Lipinski definition) is 8. The molecule has 0 aliphatic rings. The number of H-pyrrole nitrogens is 1. The van der Waals surface area contributed by atoms with E-state index < -0.39 is 29.2 Å². The Morgan fingerprint density at radius 1 is 1.32 bits per heavy atom. The lowest BCUT2D eigenvalue weighted by atomic mass is 9.82. The van der Waals surface area contributed by atoms with E-state index in [9.17, 15) is 14.3 Å². The monoisotopic (exact) mass is 582 g/mol. The van der Waals surface area contributed by atoms with Gasteiger partial charge in [0.2, 0.25) is 0 Å². The molecule has 0 aliphatic carbocycles. The number of thiazole rings is 1. The number of carbonyl (C=O) groups excluding carboxylic acids is 1. The van der Waals surface area contributed by atoms with Gasteiger partial charge in [0.15, 0.2) is 0 Å². The molecule has 214 valence electrons. The Morgan fingerprint density at radius 3 is 2.78 bits per heavy atom. The summed E-state index contributed by atoms with van der Waals surface area (Å²) in [4.78, 5) is 22.5. The van der Waals surface area contributed by atoms with Gasteiger partial charge in [-0.2, -0.15) is 15.0 Å². The number of nitrogens with one attached hydrogen (secondary N) is 2. The van der Waals surface area contributed by atoms with Crippen molar-refractivity contribution in [2.45, 2.75) is 31.9 Å². The number of aliphatic hydroxyl groups is 1. The van der Waals surface area contributed by atoms with Crippen LogP contribution in [0, 0.1) is 23.0 Å². The highest BCUT2D eigenvalue weighted by atomic mass is 32.1. The Bertz CT molecular complexity index is 1540. The fraction of sp³-hybridized carbons (Fsp3) is 0.321. The Hall–Kier alpha value is -4.25. The van der Waals surface area contributed by atoms with Crippen LogP contribution >= 0.6 is 11.3 Å². The summed E-state index contributed by atoms with van der Waals surface area (Å²) in [5.41, 5.74) is -0.360. The molecule has 13 heteroatoms. The number of benzene rings is 2. The Labute approximate surface area is 239 Å². The van der Waals surface area contributed by atoms with Gasteiger partial charge in [-0.05, 0) is 36.9 Å². The van der Waals surface area contributed by atoms with Crippen molar-refractivity contribution < 1.29 is 28.1 Å². The molecule has 3 N–H and O–H groups in total. The molecule has 4 rings (SSSR count). The van der Waals surface area contributed by atoms with E-state index in [-0.39, 0.29) is 18.1 Å². The molecule has 0 bridgehead atoms. The summed E-state index contributed by atoms with van der Waals surface area (Å²) in [6, 6.07) is 11.7. The van der Waals surface area contributed by atoms with E-state index in [1.165, 1.54) is 27.2 Å². The lowest BCUT2D eigenvalue weighted by Crippen LogP contribution is -2.50. The number of nitrogens with zero attached hydrogens (tertiary/aromatic N) is 5. The molecule has 0 saturated carbocycles. The molecule has 0 fully saturated rings. The topological polar surface area (TPSA) is 131 Å². The van der Waals surface area contributed by atoms with Crippen LogP contribution in [0.25, 0.3) is 11.3 Å². The van der Waals surface area contributed by atoms with Gasteiger partial charge in [0.25, 0.3) is 0 Å². The van der Waals surface area contributed by atoms with Crippen LogP contribution in [0.1, 0.15) is 35.9 Å². The lowest BCUT2D eigenvalue weighted by Gasteiger charge is -2.32. The predicted octanol–water partition coefficient (Wildman–Crippen LogP) is 3.70. The van der Waals surface area contributed by atoms with Crippen molar-refractivity contribution >= 4 is 17.4 Å². The van der Waals surface area contributed by atoms with Gasteiger partial charge in [0, 0.05) is 47.5 Å². The van der Waals surface area contributed by atoms with E-state index in [0.717, 1.165) is 30.3 Å². The number of amides is 1. The highest BCUT2D eigenvalue weighted by Gasteiger charge is 2.43. The SMILES string of the molecule is CCNCCN(C)C(=O)Oc1nc[n+](C[C@](O)(c2cc(F)ccc2F)[C@@H](C)c2nc(-c3ccc(C#N)cc3)cs2)[nH]1. The average molecular weight is 583 g/mol. The second-order valence-electron chi connectivity index (χ2n) is 9.46. The van der Waals surface area contributed by atoms with Crippen molar-refractivity contribution in [3.8, 4) is 23.3 Å². The minimum Gasteiger partial charge on any atom is -0.380 e. The van der Waals surface area contributed by atoms with Crippen LogP contribution in [0.2, 0.25) is 0 Å². The largest absolute Gasteiger partial charge is 0.452 e. The van der Waals surface area contributed by atoms with E-state index in [1.807, 2.05) is 6.92 Å². The zero-order valence-corrected chi connectivity index (χ0v) is 23.6. The van der Waals surface area contributed by atoms with Gasteiger partial charge in [-0.25, -0.2) is 18.6 Å². The molecule has 2 aromatic heterocycles. The van der Waals surface area contributed by atoms with Crippen molar-refractivity contribution in [3.05, 3.63) is 81.9 Å². The number of ether oxygens (including phenoxy) is 1. The third-order valence-corrected chi connectivity index (χ3v) is 7.68. The van der Waals surface area contributed by atoms with E-state index in [2.05, 4.69) is 26.5 Å². The van der Waals surface area contributed by atoms with Crippen molar-refractivity contribution in [2.24, 2.45) is 0 Å². The number of carbonyl (C=O) groups is 1. The van der Waals surface area contributed by atoms with Gasteiger partial charge in [0.05, 0.1) is 22.3 Å². The Balaban J connectivity index is 1.61. The van der Waals surface area contributed by atoms with Crippen LogP contribution in [0.3, 0.4) is 0 Å². The molecule has 1 amide bonds. The molecular weight excluding hydrogens is 552 g/mol. The van der Waals surface area contributed by atoms with E-state index in [4.69, 9.17) is 10.00 Å². The minimum atomic E-state index is -1.99. The number of aromatic amines is 1. The third-order valence-electron chi connectivity index (χ3n) is 6.65. The molecule has 0 unspecified atom stereocenters. The van der Waals surface area contributed by atoms with E-state index in [0.29, 0.717) is 29.4 Å². The van der Waals surface area contributed by atoms with Gasteiger partial charge in [-0.15, -0.1) is 11.3 Å². The standard InChI is InChI=1S/C28H29F2N7O3S/c1-4-32-11-12-36(3)27(38)40-26-33-17-37(35-26)16-28(39,22-13-21(29)9-10-23(22)30)18(2)25-34-24(15-41-25)20-7-5-19(14-31)6-8-20/h5-10,13,15,17-18,32,39H,4,11-12,16H2,1-3H3/p+1/t18-,28+/m0/s1. The zero-order valence-electron chi connectivity index (χ0n) is 22.8. The molecule has 2 aromatic carbocycles.